The Hall–Kier alpha value is -2.68. The molecule has 0 bridgehead atoms. The van der Waals surface area contributed by atoms with Crippen LogP contribution in [0.5, 0.6) is 0 Å². The van der Waals surface area contributed by atoms with Crippen molar-refractivity contribution in [3.05, 3.63) is 47.7 Å². The predicted molar refractivity (Wildman–Crippen MR) is 152 cm³/mol. The van der Waals surface area contributed by atoms with Crippen molar-refractivity contribution in [3.63, 3.8) is 0 Å². The topological polar surface area (TPSA) is 82.5 Å². The van der Waals surface area contributed by atoms with E-state index in [-0.39, 0.29) is 28.5 Å². The van der Waals surface area contributed by atoms with Gasteiger partial charge in [-0.1, -0.05) is 19.6 Å². The Morgan fingerprint density at radius 1 is 1.28 bits per heavy atom. The number of fused-ring (bicyclic) bond motifs is 2. The lowest BCUT2D eigenvalue weighted by atomic mass is 9.60. The van der Waals surface area contributed by atoms with Crippen LogP contribution < -0.4 is 15.8 Å². The highest BCUT2D eigenvalue weighted by Crippen LogP contribution is 2.56. The number of alkyl halides is 1. The standard InChI is InChI=1S/C30H37ClN6O2/c1-5-24(38)36-14-30(15-36)11-20(12-30)37-17(3)26(27-21-13-32-33-22(21)8-16(2)28(27)31)29(34-37)18-6-7-23-19(9-18)10-25(39)35(23)4/h5-7,9,16,20-22,27-28,32-33H,1,8,10-15H2,2-4H3. The fourth-order valence-electron chi connectivity index (χ4n) is 8.20. The second-order valence-corrected chi connectivity index (χ2v) is 13.2. The van der Waals surface area contributed by atoms with Gasteiger partial charge in [0.25, 0.3) is 0 Å². The summed E-state index contributed by atoms with van der Waals surface area (Å²) in [5.41, 5.74) is 13.7. The Balaban J connectivity index is 1.27. The van der Waals surface area contributed by atoms with Gasteiger partial charge in [-0.25, -0.2) is 0 Å². The van der Waals surface area contributed by atoms with Crippen molar-refractivity contribution in [2.75, 3.05) is 31.6 Å². The smallest absolute Gasteiger partial charge is 0.245 e. The van der Waals surface area contributed by atoms with Crippen molar-refractivity contribution >= 4 is 29.1 Å². The van der Waals surface area contributed by atoms with Gasteiger partial charge in [-0.15, -0.1) is 11.6 Å². The van der Waals surface area contributed by atoms with E-state index in [0.29, 0.717) is 30.3 Å². The summed E-state index contributed by atoms with van der Waals surface area (Å²) >= 11 is 7.28. The van der Waals surface area contributed by atoms with Crippen LogP contribution in [0.4, 0.5) is 5.69 Å². The van der Waals surface area contributed by atoms with Crippen molar-refractivity contribution in [2.45, 2.75) is 62.9 Å². The summed E-state index contributed by atoms with van der Waals surface area (Å²) in [4.78, 5) is 28.1. The molecule has 4 heterocycles. The van der Waals surface area contributed by atoms with Crippen LogP contribution in [0.2, 0.25) is 0 Å². The fourth-order valence-corrected chi connectivity index (χ4v) is 8.61. The van der Waals surface area contributed by atoms with Gasteiger partial charge in [0.15, 0.2) is 0 Å². The highest BCUT2D eigenvalue weighted by molar-refractivity contribution is 6.21. The number of rotatable bonds is 4. The average molecular weight is 549 g/mol. The number of likely N-dealkylation sites (N-methyl/N-ethyl adjacent to an activating group) is 1. The molecule has 4 fully saturated rings. The third-order valence-corrected chi connectivity index (χ3v) is 11.0. The maximum Gasteiger partial charge on any atom is 0.245 e. The SMILES string of the molecule is C=CC(=O)N1CC2(CC(n3nc(-c4ccc5c(c4)CC(=O)N5C)c(C4C(Cl)C(C)CC5NNCC54)c3C)C2)C1. The molecule has 5 unspecified atom stereocenters. The van der Waals surface area contributed by atoms with Crippen LogP contribution in [-0.4, -0.2) is 64.6 Å². The molecule has 2 saturated carbocycles. The Labute approximate surface area is 234 Å². The molecule has 3 aliphatic heterocycles. The van der Waals surface area contributed by atoms with Gasteiger partial charge in [0, 0.05) is 71.9 Å². The predicted octanol–water partition coefficient (Wildman–Crippen LogP) is 3.55. The zero-order chi connectivity index (χ0) is 27.2. The summed E-state index contributed by atoms with van der Waals surface area (Å²) in [5.74, 6) is 1.09. The molecule has 2 aliphatic carbocycles. The van der Waals surface area contributed by atoms with Gasteiger partial charge in [-0.3, -0.25) is 25.1 Å². The van der Waals surface area contributed by atoms with Crippen LogP contribution >= 0.6 is 11.6 Å². The lowest BCUT2D eigenvalue weighted by Crippen LogP contribution is -2.63. The van der Waals surface area contributed by atoms with Crippen LogP contribution in [0.3, 0.4) is 0 Å². The molecule has 7 rings (SSSR count). The van der Waals surface area contributed by atoms with Crippen molar-refractivity contribution in [1.82, 2.24) is 25.5 Å². The number of hydrogen-bond acceptors (Lipinski definition) is 5. The molecular weight excluding hydrogens is 512 g/mol. The molecule has 2 N–H and O–H groups in total. The van der Waals surface area contributed by atoms with E-state index in [1.165, 1.54) is 17.3 Å². The van der Waals surface area contributed by atoms with Crippen LogP contribution in [0.1, 0.15) is 55.0 Å². The van der Waals surface area contributed by atoms with Crippen molar-refractivity contribution < 1.29 is 9.59 Å². The number of anilines is 1. The molecule has 8 nitrogen and oxygen atoms in total. The van der Waals surface area contributed by atoms with Gasteiger partial charge in [0.2, 0.25) is 11.8 Å². The third-order valence-electron chi connectivity index (χ3n) is 10.3. The highest BCUT2D eigenvalue weighted by Gasteiger charge is 2.55. The Bertz CT molecular complexity index is 1370. The minimum absolute atomic E-state index is 0.0167. The molecule has 2 aromatic rings. The second kappa shape index (κ2) is 8.91. The maximum absolute atomic E-state index is 12.4. The minimum atomic E-state index is 0.0167. The first kappa shape index (κ1) is 25.3. The van der Waals surface area contributed by atoms with Crippen LogP contribution in [0, 0.1) is 24.2 Å². The first-order valence-electron chi connectivity index (χ1n) is 14.2. The van der Waals surface area contributed by atoms with E-state index >= 15 is 0 Å². The number of aromatic nitrogens is 2. The lowest BCUT2D eigenvalue weighted by Gasteiger charge is -2.58. The molecular formula is C30H37ClN6O2. The maximum atomic E-state index is 12.4. The number of benzene rings is 1. The van der Waals surface area contributed by atoms with E-state index in [4.69, 9.17) is 16.7 Å². The fraction of sp³-hybridized carbons (Fsp3) is 0.567. The van der Waals surface area contributed by atoms with Gasteiger partial charge in [-0.05, 0) is 61.8 Å². The Morgan fingerprint density at radius 3 is 2.79 bits per heavy atom. The normalized spacial score (nSPS) is 31.2. The quantitative estimate of drug-likeness (QED) is 0.451. The number of nitrogens with zero attached hydrogens (tertiary/aromatic N) is 4. The molecule has 1 aromatic carbocycles. The van der Waals surface area contributed by atoms with E-state index in [9.17, 15) is 9.59 Å². The zero-order valence-electron chi connectivity index (χ0n) is 22.9. The van der Waals surface area contributed by atoms with E-state index in [0.717, 1.165) is 61.4 Å². The number of carbonyl (C=O) groups is 2. The number of carbonyl (C=O) groups excluding carboxylic acids is 2. The first-order valence-corrected chi connectivity index (χ1v) is 14.7. The van der Waals surface area contributed by atoms with Crippen LogP contribution in [-0.2, 0) is 16.0 Å². The largest absolute Gasteiger partial charge is 0.338 e. The molecule has 0 radical (unpaired) electrons. The summed E-state index contributed by atoms with van der Waals surface area (Å²) < 4.78 is 2.26. The molecule has 2 saturated heterocycles. The average Bonchev–Trinajstić information content (AvgIpc) is 3.54. The number of hydrogen-bond donors (Lipinski definition) is 2. The molecule has 9 heteroatoms. The van der Waals surface area contributed by atoms with Gasteiger partial charge >= 0.3 is 0 Å². The molecule has 5 atom stereocenters. The number of halogens is 1. The van der Waals surface area contributed by atoms with Crippen molar-refractivity contribution in [2.24, 2.45) is 17.3 Å². The lowest BCUT2D eigenvalue weighted by molar-refractivity contribution is -0.149. The zero-order valence-corrected chi connectivity index (χ0v) is 23.7. The Kier molecular flexibility index (Phi) is 5.78. The first-order chi connectivity index (χ1) is 18.7. The molecule has 1 spiro atoms. The number of hydrazine groups is 1. The molecule has 206 valence electrons. The van der Waals surface area contributed by atoms with Crippen molar-refractivity contribution in [1.29, 1.82) is 0 Å². The minimum Gasteiger partial charge on any atom is -0.338 e. The van der Waals surface area contributed by atoms with Gasteiger partial charge in [0.1, 0.15) is 0 Å². The monoisotopic (exact) mass is 548 g/mol. The van der Waals surface area contributed by atoms with E-state index in [2.05, 4.69) is 54.2 Å². The number of nitrogens with one attached hydrogen (secondary N) is 2. The number of amides is 2. The summed E-state index contributed by atoms with van der Waals surface area (Å²) in [6, 6.07) is 7.05. The highest BCUT2D eigenvalue weighted by atomic mass is 35.5. The number of likely N-dealkylation sites (tertiary alicyclic amines) is 1. The molecule has 5 aliphatic rings. The van der Waals surface area contributed by atoms with E-state index < -0.39 is 0 Å². The summed E-state index contributed by atoms with van der Waals surface area (Å²) in [6.45, 7) is 10.6. The van der Waals surface area contributed by atoms with Gasteiger partial charge in [0.05, 0.1) is 18.2 Å². The molecule has 39 heavy (non-hydrogen) atoms. The summed E-state index contributed by atoms with van der Waals surface area (Å²) in [5, 5.41) is 5.35. The van der Waals surface area contributed by atoms with Crippen LogP contribution in [0.15, 0.2) is 30.9 Å². The molecule has 2 amide bonds. The summed E-state index contributed by atoms with van der Waals surface area (Å²) in [7, 11) is 1.84. The van der Waals surface area contributed by atoms with E-state index in [1.54, 1.807) is 4.90 Å². The third kappa shape index (κ3) is 3.75. The molecule has 1 aromatic heterocycles. The van der Waals surface area contributed by atoms with Crippen molar-refractivity contribution in [3.8, 4) is 11.3 Å². The second-order valence-electron chi connectivity index (χ2n) is 12.7. The Morgan fingerprint density at radius 2 is 2.05 bits per heavy atom. The van der Waals surface area contributed by atoms with Gasteiger partial charge < -0.3 is 9.80 Å². The van der Waals surface area contributed by atoms with Gasteiger partial charge in [-0.2, -0.15) is 5.10 Å². The summed E-state index contributed by atoms with van der Waals surface area (Å²) in [6.07, 6.45) is 4.95. The van der Waals surface area contributed by atoms with Crippen LogP contribution in [0.25, 0.3) is 11.3 Å². The van der Waals surface area contributed by atoms with E-state index in [1.807, 2.05) is 11.9 Å².